The number of hydrogen-bond acceptors (Lipinski definition) is 22. The zero-order chi connectivity index (χ0) is 68.4. The molecule has 9 rings (SSSR count). The highest BCUT2D eigenvalue weighted by Crippen LogP contribution is 2.39. The number of carbonyl (C=O) groups excluding carboxylic acids is 7. The molecule has 13 atom stereocenters. The van der Waals surface area contributed by atoms with Gasteiger partial charge in [-0.3, -0.25) is 33.6 Å². The van der Waals surface area contributed by atoms with Crippen molar-refractivity contribution in [3.8, 4) is 32.6 Å². The molecule has 0 saturated carbocycles. The number of piperidine rings is 1. The monoisotopic (exact) mass is 1350 g/mol. The first kappa shape index (κ1) is 71.4. The highest BCUT2D eigenvalue weighted by Gasteiger charge is 2.50. The lowest BCUT2D eigenvalue weighted by Gasteiger charge is -2.42. The lowest BCUT2D eigenvalue weighted by atomic mass is 9.84. The fourth-order valence-electron chi connectivity index (χ4n) is 12.4. The van der Waals surface area contributed by atoms with E-state index < -0.39 is 158 Å². The molecule has 16 N–H and O–H groups in total. The van der Waals surface area contributed by atoms with E-state index in [0.29, 0.717) is 27.0 Å². The summed E-state index contributed by atoms with van der Waals surface area (Å²) in [7, 11) is 1.73. The number of aliphatic hydroxyl groups is 6. The first-order chi connectivity index (χ1) is 45.4. The zero-order valence-electron chi connectivity index (χ0n) is 52.8. The number of benzene rings is 4. The third kappa shape index (κ3) is 16.8. The average Bonchev–Trinajstić information content (AvgIpc) is 1.78. The van der Waals surface area contributed by atoms with Gasteiger partial charge in [0.25, 0.3) is 5.91 Å². The predicted molar refractivity (Wildman–Crippen MR) is 348 cm³/mol. The molecule has 0 spiro atoms. The van der Waals surface area contributed by atoms with Crippen molar-refractivity contribution in [1.29, 1.82) is 0 Å². The fraction of sp³-hybridized carbons (Fsp3) is 0.492. The number of rotatable bonds is 18. The zero-order valence-corrected chi connectivity index (χ0v) is 54.3. The number of amides is 7. The summed E-state index contributed by atoms with van der Waals surface area (Å²) < 4.78 is 11.7. The summed E-state index contributed by atoms with van der Waals surface area (Å²) in [5.41, 5.74) is 14.9. The average molecular weight is 1360 g/mol. The van der Waals surface area contributed by atoms with Crippen LogP contribution in [0.25, 0.3) is 21.1 Å². The Morgan fingerprint density at radius 1 is 0.758 bits per heavy atom. The van der Waals surface area contributed by atoms with Crippen molar-refractivity contribution in [2.45, 2.75) is 137 Å². The van der Waals surface area contributed by atoms with Crippen LogP contribution >= 0.6 is 22.9 Å². The maximum Gasteiger partial charge on any atom is 0.251 e. The molecule has 5 aromatic rings. The first-order valence-electron chi connectivity index (χ1n) is 31.6. The van der Waals surface area contributed by atoms with Crippen LogP contribution in [0.15, 0.2) is 91.0 Å². The van der Waals surface area contributed by atoms with Crippen molar-refractivity contribution in [2.24, 2.45) is 17.4 Å². The van der Waals surface area contributed by atoms with E-state index in [1.807, 2.05) is 48.5 Å². The van der Waals surface area contributed by atoms with Crippen LogP contribution in [0.2, 0.25) is 5.02 Å². The molecule has 7 amide bonds. The minimum atomic E-state index is -2.04. The molecule has 4 aliphatic heterocycles. The van der Waals surface area contributed by atoms with Gasteiger partial charge < -0.3 is 98.0 Å². The van der Waals surface area contributed by atoms with E-state index in [-0.39, 0.29) is 55.3 Å². The highest BCUT2D eigenvalue weighted by molar-refractivity contribution is 7.17. The van der Waals surface area contributed by atoms with Crippen LogP contribution in [0.1, 0.15) is 73.9 Å². The maximum absolute atomic E-state index is 14.8. The summed E-state index contributed by atoms with van der Waals surface area (Å²) in [5, 5.41) is 102. The van der Waals surface area contributed by atoms with Crippen molar-refractivity contribution in [1.82, 2.24) is 46.6 Å². The summed E-state index contributed by atoms with van der Waals surface area (Å²) in [6.07, 6.45) is -9.90. The van der Waals surface area contributed by atoms with Gasteiger partial charge in [-0.05, 0) is 117 Å². The lowest BCUT2D eigenvalue weighted by Crippen LogP contribution is -2.64. The minimum Gasteiger partial charge on any atom is -0.504 e. The number of carbonyl (C=O) groups is 7. The third-order valence-corrected chi connectivity index (χ3v) is 19.2. The number of aromatic hydroxyl groups is 1. The van der Waals surface area contributed by atoms with Crippen molar-refractivity contribution in [3.63, 3.8) is 0 Å². The molecule has 95 heavy (non-hydrogen) atoms. The summed E-state index contributed by atoms with van der Waals surface area (Å²) in [6.45, 7) is 2.91. The molecule has 4 saturated heterocycles. The van der Waals surface area contributed by atoms with Gasteiger partial charge in [0.05, 0.1) is 48.8 Å². The molecule has 4 aromatic carbocycles. The number of hydrogen-bond donors (Lipinski definition) is 14. The van der Waals surface area contributed by atoms with E-state index in [2.05, 4.69) is 41.7 Å². The van der Waals surface area contributed by atoms with E-state index in [0.717, 1.165) is 59.5 Å². The molecule has 0 radical (unpaired) electrons. The summed E-state index contributed by atoms with van der Waals surface area (Å²) >= 11 is 7.49. The van der Waals surface area contributed by atoms with Crippen LogP contribution in [0, 0.1) is 5.92 Å². The second-order valence-electron chi connectivity index (χ2n) is 24.6. The summed E-state index contributed by atoms with van der Waals surface area (Å²) in [6, 6.07) is 15.0. The minimum absolute atomic E-state index is 0.00159. The fourth-order valence-corrected chi connectivity index (χ4v) is 13.4. The summed E-state index contributed by atoms with van der Waals surface area (Å²) in [5.74, 6) is -8.62. The number of aromatic nitrogens is 2. The van der Waals surface area contributed by atoms with Gasteiger partial charge in [0, 0.05) is 92.4 Å². The van der Waals surface area contributed by atoms with E-state index in [1.165, 1.54) is 48.6 Å². The number of ether oxygens (including phenoxy) is 2. The van der Waals surface area contributed by atoms with Gasteiger partial charge in [-0.25, -0.2) is 0 Å². The van der Waals surface area contributed by atoms with Crippen LogP contribution in [0.4, 0.5) is 5.69 Å². The predicted octanol–water partition coefficient (Wildman–Crippen LogP) is -0.602. The number of phenols is 1. The van der Waals surface area contributed by atoms with E-state index >= 15 is 0 Å². The molecule has 5 heterocycles. The topological polar surface area (TPSA) is 427 Å². The van der Waals surface area contributed by atoms with Crippen LogP contribution < -0.4 is 47.7 Å². The van der Waals surface area contributed by atoms with E-state index in [4.69, 9.17) is 32.5 Å². The van der Waals surface area contributed by atoms with E-state index in [9.17, 15) is 69.3 Å². The number of aliphatic hydroxyl groups excluding tert-OH is 6. The molecule has 4 fully saturated rings. The van der Waals surface area contributed by atoms with Crippen LogP contribution in [-0.4, -0.2) is 229 Å². The lowest BCUT2D eigenvalue weighted by molar-refractivity contribution is -0.147. The Kier molecular flexibility index (Phi) is 23.8. The molecular formula is C65H83ClN12O16S. The molecule has 0 bridgehead atoms. The van der Waals surface area contributed by atoms with Gasteiger partial charge in [0.2, 0.25) is 35.4 Å². The maximum atomic E-state index is 14.8. The van der Waals surface area contributed by atoms with Crippen LogP contribution in [0.5, 0.6) is 11.5 Å². The molecule has 1 aromatic heterocycles. The molecule has 4 aliphatic rings. The smallest absolute Gasteiger partial charge is 0.251 e. The van der Waals surface area contributed by atoms with Gasteiger partial charge in [0.1, 0.15) is 46.3 Å². The standard InChI is InChI=1S/C65H83ClN12O16S/c1-34-32-78-54(55(34)85)60(90)69-31-43(80)29-45(70-56(86)37-6-8-38(9-7-37)61-74-75-62(95-61)39-10-16-42(17-11-39)76-24-20-65(93-3,21-25-76)40-12-14-41(66)15-13-40)57(87)71-51(35(2)79)63(91)77-33-44(81)30-46(77)58(88)72-52(59(89)73-53(64(78)92)48(83)19-23-68)49(84)27-36-5-18-47(82)50(28-36)94-26-4-22-67/h5-18,28,34-35,43-46,48-49,51-55,79-85H,4,19-27,29-33,67-68H2,1-3H3,(H,69,90)(H,70,86)(H,71,87)(H,72,88)(H,73,89)/t34-,35+,43+,44+,45-,46-,48+,49+,51-,52-,53-,54-,55-/m0/s1. The number of phenolic OH excluding ortho intramolecular Hbond substituents is 1. The summed E-state index contributed by atoms with van der Waals surface area (Å²) in [4.78, 5) is 106. The van der Waals surface area contributed by atoms with Gasteiger partial charge in [-0.15, -0.1) is 10.2 Å². The normalized spacial score (nSPS) is 25.8. The molecule has 30 heteroatoms. The molecule has 0 aliphatic carbocycles. The SMILES string of the molecule is COC1(c2ccc(Cl)cc2)CCN(c2ccc(-c3nnc(-c4ccc(C(=O)N[C@H]5C[C@@H](O)CNC(=O)[C@@H]6[C@@H](O)[C@@H](C)CN6C(=O)[C@H]([C@H](O)CCN)NC(=O)[C@H]([C@H](O)Cc6ccc(O)c(OCCCN)c6)NC(=O)[C@@H]6C[C@@H](O)CN6C(=O)[C@H]([C@@H](C)O)NC5=O)cc4)s3)cc2)CC1. The van der Waals surface area contributed by atoms with Crippen molar-refractivity contribution < 1.29 is 78.8 Å². The number of nitrogens with two attached hydrogens (primary N) is 2. The number of fused-ring (bicyclic) bond motifs is 2. The van der Waals surface area contributed by atoms with Gasteiger partial charge >= 0.3 is 0 Å². The molecular weight excluding hydrogens is 1270 g/mol. The Bertz CT molecular complexity index is 3510. The second kappa shape index (κ2) is 31.7. The van der Waals surface area contributed by atoms with Crippen molar-refractivity contribution >= 4 is 70.0 Å². The number of β-amino-alcohol motifs (C(OH)–C–C–N with tert-alkyl or cyclic N) is 1. The largest absolute Gasteiger partial charge is 0.504 e. The van der Waals surface area contributed by atoms with Crippen LogP contribution in [0.3, 0.4) is 0 Å². The quantitative estimate of drug-likeness (QED) is 0.0487. The van der Waals surface area contributed by atoms with Gasteiger partial charge in [0.15, 0.2) is 11.5 Å². The van der Waals surface area contributed by atoms with Gasteiger partial charge in [-0.2, -0.15) is 0 Å². The number of anilines is 1. The number of nitrogens with zero attached hydrogens (tertiary/aromatic N) is 5. The van der Waals surface area contributed by atoms with Gasteiger partial charge in [-0.1, -0.05) is 60.2 Å². The Morgan fingerprint density at radius 2 is 1.39 bits per heavy atom. The second-order valence-corrected chi connectivity index (χ2v) is 26.0. The van der Waals surface area contributed by atoms with Crippen molar-refractivity contribution in [3.05, 3.63) is 113 Å². The Hall–Kier alpha value is -7.94. The Morgan fingerprint density at radius 3 is 2.02 bits per heavy atom. The number of halogens is 1. The Labute approximate surface area is 557 Å². The number of nitrogens with one attached hydrogen (secondary N) is 5. The first-order valence-corrected chi connectivity index (χ1v) is 32.8. The molecule has 512 valence electrons. The number of methoxy groups -OCH3 is 1. The Balaban J connectivity index is 0.952. The third-order valence-electron chi connectivity index (χ3n) is 17.9. The van der Waals surface area contributed by atoms with Crippen LogP contribution in [-0.2, 0) is 45.5 Å². The highest BCUT2D eigenvalue weighted by atomic mass is 35.5. The van der Waals surface area contributed by atoms with E-state index in [1.54, 1.807) is 19.2 Å². The molecule has 0 unspecified atom stereocenters. The van der Waals surface area contributed by atoms with Crippen molar-refractivity contribution in [2.75, 3.05) is 64.4 Å². The molecule has 28 nitrogen and oxygen atoms in total.